The highest BCUT2D eigenvalue weighted by molar-refractivity contribution is 6.29. The predicted octanol–water partition coefficient (Wildman–Crippen LogP) is 1.50. The first-order valence-electron chi connectivity index (χ1n) is 12.3. The van der Waals surface area contributed by atoms with E-state index < -0.39 is 11.8 Å². The molecule has 38 heavy (non-hydrogen) atoms. The molecule has 3 heterocycles. The quantitative estimate of drug-likeness (QED) is 0.300. The molecule has 0 radical (unpaired) electrons. The number of primary amides is 1. The lowest BCUT2D eigenvalue weighted by Gasteiger charge is -2.22. The summed E-state index contributed by atoms with van der Waals surface area (Å²) in [5.41, 5.74) is 6.56. The van der Waals surface area contributed by atoms with E-state index in [1.54, 1.807) is 36.4 Å². The summed E-state index contributed by atoms with van der Waals surface area (Å²) in [6, 6.07) is 9.54. The number of carbonyl (C=O) groups excluding carboxylic acids is 4. The smallest absolute Gasteiger partial charge is 0.269 e. The van der Waals surface area contributed by atoms with Crippen LogP contribution in [-0.4, -0.2) is 68.5 Å². The number of halogens is 1. The van der Waals surface area contributed by atoms with Crippen LogP contribution in [0.2, 0.25) is 5.15 Å². The van der Waals surface area contributed by atoms with Crippen molar-refractivity contribution in [2.45, 2.75) is 44.3 Å². The Hall–Kier alpha value is -4.03. The summed E-state index contributed by atoms with van der Waals surface area (Å²) in [7, 11) is 0. The first-order chi connectivity index (χ1) is 18.3. The molecule has 0 spiro atoms. The molecule has 198 valence electrons. The Balaban J connectivity index is 1.32. The fraction of sp³-hybridized carbons (Fsp3) is 0.360. The average Bonchev–Trinajstić information content (AvgIpc) is 3.42. The predicted molar refractivity (Wildman–Crippen MR) is 141 cm³/mol. The highest BCUT2D eigenvalue weighted by Gasteiger charge is 2.34. The average molecular weight is 539 g/mol. The molecule has 4 amide bonds. The van der Waals surface area contributed by atoms with Crippen LogP contribution in [-0.2, 0) is 20.9 Å². The molecule has 13 heteroatoms. The van der Waals surface area contributed by atoms with Crippen molar-refractivity contribution in [2.75, 3.05) is 23.7 Å². The van der Waals surface area contributed by atoms with Crippen LogP contribution in [0.25, 0.3) is 10.9 Å². The van der Waals surface area contributed by atoms with Gasteiger partial charge in [-0.1, -0.05) is 17.7 Å². The molecular formula is C25H27ClN8O4. The maximum absolute atomic E-state index is 13.3. The minimum atomic E-state index is -0.755. The van der Waals surface area contributed by atoms with E-state index in [4.69, 9.17) is 17.3 Å². The summed E-state index contributed by atoms with van der Waals surface area (Å²) in [6.07, 6.45) is 3.27. The summed E-state index contributed by atoms with van der Waals surface area (Å²) in [6.45, 7) is 0.437. The number of nitrogens with two attached hydrogens (primary N) is 1. The zero-order valence-corrected chi connectivity index (χ0v) is 21.2. The van der Waals surface area contributed by atoms with Gasteiger partial charge in [-0.15, -0.1) is 0 Å². The number of nitrogens with one attached hydrogen (secondary N) is 3. The number of nitrogens with zero attached hydrogens (tertiary/aromatic N) is 4. The Labute approximate surface area is 222 Å². The number of amides is 4. The maximum Gasteiger partial charge on any atom is 0.269 e. The molecule has 1 saturated carbocycles. The van der Waals surface area contributed by atoms with Crippen LogP contribution in [0.1, 0.15) is 36.2 Å². The van der Waals surface area contributed by atoms with Gasteiger partial charge in [0, 0.05) is 17.1 Å². The third-order valence-corrected chi connectivity index (χ3v) is 6.73. The Bertz CT molecular complexity index is 1410. The molecule has 1 saturated heterocycles. The third kappa shape index (κ3) is 5.76. The van der Waals surface area contributed by atoms with E-state index in [0.717, 1.165) is 32.2 Å². The zero-order chi connectivity index (χ0) is 26.8. The van der Waals surface area contributed by atoms with E-state index in [1.165, 1.54) is 9.58 Å². The minimum absolute atomic E-state index is 0.00867. The summed E-state index contributed by atoms with van der Waals surface area (Å²) in [4.78, 5) is 56.1. The number of pyridine rings is 1. The Morgan fingerprint density at radius 1 is 1.13 bits per heavy atom. The number of carbonyl (C=O) groups is 4. The lowest BCUT2D eigenvalue weighted by Crippen LogP contribution is -2.41. The van der Waals surface area contributed by atoms with Crippen molar-refractivity contribution < 1.29 is 19.2 Å². The fourth-order valence-corrected chi connectivity index (χ4v) is 4.70. The zero-order valence-electron chi connectivity index (χ0n) is 20.4. The van der Waals surface area contributed by atoms with Crippen LogP contribution in [0, 0.1) is 0 Å². The van der Waals surface area contributed by atoms with Crippen molar-refractivity contribution in [3.8, 4) is 0 Å². The highest BCUT2D eigenvalue weighted by atomic mass is 35.5. The van der Waals surface area contributed by atoms with Gasteiger partial charge in [-0.05, 0) is 62.6 Å². The second kappa shape index (κ2) is 10.8. The Morgan fingerprint density at radius 2 is 1.95 bits per heavy atom. The maximum atomic E-state index is 13.3. The van der Waals surface area contributed by atoms with Crippen molar-refractivity contribution in [3.05, 3.63) is 47.2 Å². The molecule has 5 rings (SSSR count). The van der Waals surface area contributed by atoms with Crippen molar-refractivity contribution in [1.29, 1.82) is 0 Å². The first-order valence-corrected chi connectivity index (χ1v) is 12.7. The van der Waals surface area contributed by atoms with Crippen LogP contribution in [0.3, 0.4) is 0 Å². The lowest BCUT2D eigenvalue weighted by atomic mass is 10.1. The normalized spacial score (nSPS) is 16.8. The molecule has 2 fully saturated rings. The van der Waals surface area contributed by atoms with Gasteiger partial charge >= 0.3 is 0 Å². The van der Waals surface area contributed by atoms with Crippen LogP contribution < -0.4 is 21.7 Å². The van der Waals surface area contributed by atoms with Crippen LogP contribution in [0.4, 0.5) is 11.5 Å². The molecule has 1 unspecified atom stereocenters. The van der Waals surface area contributed by atoms with Crippen molar-refractivity contribution in [3.63, 3.8) is 0 Å². The molecule has 1 aliphatic carbocycles. The SMILES string of the molecule is NC(=O)c1nn(CC(=O)N(CC(=O)Nc2cccc(Cl)n2)C2CC2)c2ccc(NC(=O)C3CCCN3)cc12. The molecular weight excluding hydrogens is 512 g/mol. The van der Waals surface area contributed by atoms with Crippen molar-refractivity contribution in [2.24, 2.45) is 5.73 Å². The summed E-state index contributed by atoms with van der Waals surface area (Å²) in [5, 5.41) is 13.6. The van der Waals surface area contributed by atoms with Crippen LogP contribution in [0.5, 0.6) is 0 Å². The fourth-order valence-electron chi connectivity index (χ4n) is 4.54. The largest absolute Gasteiger partial charge is 0.364 e. The molecule has 1 aromatic carbocycles. The number of hydrogen-bond acceptors (Lipinski definition) is 7. The van der Waals surface area contributed by atoms with Crippen molar-refractivity contribution in [1.82, 2.24) is 25.0 Å². The van der Waals surface area contributed by atoms with E-state index in [1.807, 2.05) is 0 Å². The van der Waals surface area contributed by atoms with Gasteiger partial charge in [-0.2, -0.15) is 5.10 Å². The highest BCUT2D eigenvalue weighted by Crippen LogP contribution is 2.28. The van der Waals surface area contributed by atoms with Crippen LogP contribution >= 0.6 is 11.6 Å². The lowest BCUT2D eigenvalue weighted by molar-refractivity contribution is -0.135. The van der Waals surface area contributed by atoms with Gasteiger partial charge in [0.05, 0.1) is 11.6 Å². The number of hydrogen-bond donors (Lipinski definition) is 4. The molecule has 2 aliphatic rings. The molecule has 5 N–H and O–H groups in total. The van der Waals surface area contributed by atoms with E-state index in [9.17, 15) is 19.2 Å². The van der Waals surface area contributed by atoms with Gasteiger partial charge in [-0.25, -0.2) is 4.98 Å². The van der Waals surface area contributed by atoms with Gasteiger partial charge in [0.25, 0.3) is 5.91 Å². The first kappa shape index (κ1) is 25.6. The number of benzene rings is 1. The molecule has 1 atom stereocenters. The van der Waals surface area contributed by atoms with Gasteiger partial charge in [0.2, 0.25) is 17.7 Å². The molecule has 0 bridgehead atoms. The van der Waals surface area contributed by atoms with Gasteiger partial charge in [0.15, 0.2) is 5.69 Å². The second-order valence-electron chi connectivity index (χ2n) is 9.39. The summed E-state index contributed by atoms with van der Waals surface area (Å²) in [5.74, 6) is -1.35. The van der Waals surface area contributed by atoms with Gasteiger partial charge < -0.3 is 26.6 Å². The molecule has 3 aromatic rings. The standard InChI is InChI=1S/C25H27ClN8O4/c26-19-4-1-5-20(30-19)31-21(35)12-33(15-7-8-15)22(36)13-34-18-9-6-14(11-16(18)23(32-34)24(27)37)29-25(38)17-3-2-10-28-17/h1,4-6,9,11,15,17,28H,2-3,7-8,10,12-13H2,(H2,27,37)(H,29,38)(H,30,31,35). The summed E-state index contributed by atoms with van der Waals surface area (Å²) >= 11 is 5.88. The summed E-state index contributed by atoms with van der Waals surface area (Å²) < 4.78 is 1.40. The number of rotatable bonds is 9. The van der Waals surface area contributed by atoms with Crippen LogP contribution in [0.15, 0.2) is 36.4 Å². The third-order valence-electron chi connectivity index (χ3n) is 6.52. The topological polar surface area (TPSA) is 164 Å². The monoisotopic (exact) mass is 538 g/mol. The van der Waals surface area contributed by atoms with Gasteiger partial charge in [-0.3, -0.25) is 23.9 Å². The molecule has 2 aromatic heterocycles. The second-order valence-corrected chi connectivity index (χ2v) is 9.77. The van der Waals surface area contributed by atoms with E-state index in [0.29, 0.717) is 22.4 Å². The minimum Gasteiger partial charge on any atom is -0.364 e. The van der Waals surface area contributed by atoms with E-state index in [2.05, 4.69) is 26.0 Å². The van der Waals surface area contributed by atoms with E-state index >= 15 is 0 Å². The van der Waals surface area contributed by atoms with E-state index in [-0.39, 0.29) is 47.8 Å². The Morgan fingerprint density at radius 3 is 2.63 bits per heavy atom. The molecule has 1 aliphatic heterocycles. The number of aromatic nitrogens is 3. The molecule has 12 nitrogen and oxygen atoms in total. The number of anilines is 2. The van der Waals surface area contributed by atoms with Crippen molar-refractivity contribution >= 4 is 57.6 Å². The van der Waals surface area contributed by atoms with Gasteiger partial charge in [0.1, 0.15) is 24.1 Å². The Kier molecular flexibility index (Phi) is 7.25. The number of fused-ring (bicyclic) bond motifs is 1.